The van der Waals surface area contributed by atoms with E-state index in [-0.39, 0.29) is 29.4 Å². The first kappa shape index (κ1) is 19.2. The van der Waals surface area contributed by atoms with E-state index in [4.69, 9.17) is 20.8 Å². The van der Waals surface area contributed by atoms with Crippen LogP contribution in [0.5, 0.6) is 5.75 Å². The normalized spacial score (nSPS) is 11.0. The van der Waals surface area contributed by atoms with Gasteiger partial charge in [-0.3, -0.25) is 4.79 Å². The molecule has 146 valence electrons. The Hall–Kier alpha value is -3.11. The molecule has 0 unspecified atom stereocenters. The van der Waals surface area contributed by atoms with Crippen molar-refractivity contribution in [2.75, 3.05) is 0 Å². The van der Waals surface area contributed by atoms with Crippen molar-refractivity contribution < 1.29 is 13.5 Å². The van der Waals surface area contributed by atoms with Gasteiger partial charge < -0.3 is 9.15 Å². The maximum absolute atomic E-state index is 13.3. The van der Waals surface area contributed by atoms with Crippen LogP contribution in [-0.2, 0) is 6.61 Å². The van der Waals surface area contributed by atoms with E-state index in [0.29, 0.717) is 21.6 Å². The van der Waals surface area contributed by atoms with Crippen LogP contribution in [0, 0.1) is 19.7 Å². The molecule has 0 amide bonds. The molecule has 0 aliphatic heterocycles. The predicted octanol–water partition coefficient (Wildman–Crippen LogP) is 6.45. The number of halogens is 2. The van der Waals surface area contributed by atoms with Gasteiger partial charge in [0.25, 0.3) is 0 Å². The van der Waals surface area contributed by atoms with Crippen molar-refractivity contribution >= 4 is 22.6 Å². The zero-order valence-electron chi connectivity index (χ0n) is 16.0. The molecule has 4 rings (SSSR count). The SMILES string of the molecule is Cc1cc2oc(-c3ccccc3Cl)c(OCc3ccc(F)cc3)c(=O)c2cc1C. The third kappa shape index (κ3) is 3.76. The Kier molecular flexibility index (Phi) is 5.12. The number of fused-ring (bicyclic) bond motifs is 1. The summed E-state index contributed by atoms with van der Waals surface area (Å²) in [5.74, 6) is 0.0261. The number of hydrogen-bond donors (Lipinski definition) is 0. The molecule has 0 atom stereocenters. The smallest absolute Gasteiger partial charge is 0.235 e. The molecule has 3 nitrogen and oxygen atoms in total. The quantitative estimate of drug-likeness (QED) is 0.389. The van der Waals surface area contributed by atoms with Crippen LogP contribution < -0.4 is 10.2 Å². The van der Waals surface area contributed by atoms with Crippen LogP contribution in [0.4, 0.5) is 4.39 Å². The van der Waals surface area contributed by atoms with E-state index in [9.17, 15) is 9.18 Å². The lowest BCUT2D eigenvalue weighted by molar-refractivity contribution is 0.297. The van der Waals surface area contributed by atoms with Gasteiger partial charge in [-0.25, -0.2) is 4.39 Å². The van der Waals surface area contributed by atoms with Crippen LogP contribution in [0.2, 0.25) is 5.02 Å². The maximum Gasteiger partial charge on any atom is 0.235 e. The van der Waals surface area contributed by atoms with Gasteiger partial charge in [0, 0.05) is 5.56 Å². The highest BCUT2D eigenvalue weighted by Crippen LogP contribution is 2.36. The lowest BCUT2D eigenvalue weighted by Gasteiger charge is -2.13. The van der Waals surface area contributed by atoms with Crippen LogP contribution in [-0.4, -0.2) is 0 Å². The van der Waals surface area contributed by atoms with Crippen molar-refractivity contribution in [3.8, 4) is 17.1 Å². The third-order valence-electron chi connectivity index (χ3n) is 4.88. The maximum atomic E-state index is 13.3. The standard InChI is InChI=1S/C24H18ClFO3/c1-14-11-19-21(12-15(14)2)29-23(18-5-3-4-6-20(18)25)24(22(19)27)28-13-16-7-9-17(26)10-8-16/h3-12H,13H2,1-2H3. The Morgan fingerprint density at radius 3 is 2.41 bits per heavy atom. The lowest BCUT2D eigenvalue weighted by Crippen LogP contribution is -2.11. The summed E-state index contributed by atoms with van der Waals surface area (Å²) in [7, 11) is 0. The molecule has 0 saturated carbocycles. The molecule has 0 spiro atoms. The predicted molar refractivity (Wildman–Crippen MR) is 113 cm³/mol. The van der Waals surface area contributed by atoms with Gasteiger partial charge in [0.2, 0.25) is 11.2 Å². The topological polar surface area (TPSA) is 39.4 Å². The summed E-state index contributed by atoms with van der Waals surface area (Å²) in [4.78, 5) is 13.3. The van der Waals surface area contributed by atoms with Crippen molar-refractivity contribution in [3.05, 3.63) is 98.4 Å². The summed E-state index contributed by atoms with van der Waals surface area (Å²) < 4.78 is 25.2. The Balaban J connectivity index is 1.89. The van der Waals surface area contributed by atoms with Gasteiger partial charge in [-0.1, -0.05) is 35.9 Å². The summed E-state index contributed by atoms with van der Waals surface area (Å²) in [5.41, 5.74) is 3.51. The average Bonchev–Trinajstić information content (AvgIpc) is 2.70. The molecular weight excluding hydrogens is 391 g/mol. The molecule has 1 heterocycles. The van der Waals surface area contributed by atoms with Crippen molar-refractivity contribution in [2.24, 2.45) is 0 Å². The Bertz CT molecular complexity index is 1260. The number of hydrogen-bond acceptors (Lipinski definition) is 3. The second-order valence-corrected chi connectivity index (χ2v) is 7.32. The molecule has 4 aromatic rings. The Labute approximate surface area is 172 Å². The molecule has 0 aliphatic carbocycles. The fraction of sp³-hybridized carbons (Fsp3) is 0.125. The number of aryl methyl sites for hydroxylation is 2. The fourth-order valence-electron chi connectivity index (χ4n) is 3.12. The van der Waals surface area contributed by atoms with Crippen LogP contribution >= 0.6 is 11.6 Å². The number of benzene rings is 3. The molecule has 0 saturated heterocycles. The minimum Gasteiger partial charge on any atom is -0.481 e. The van der Waals surface area contributed by atoms with Gasteiger partial charge in [0.15, 0.2) is 5.76 Å². The van der Waals surface area contributed by atoms with Crippen molar-refractivity contribution in [1.29, 1.82) is 0 Å². The van der Waals surface area contributed by atoms with Gasteiger partial charge in [-0.05, 0) is 66.9 Å². The van der Waals surface area contributed by atoms with Crippen molar-refractivity contribution in [2.45, 2.75) is 20.5 Å². The fourth-order valence-corrected chi connectivity index (χ4v) is 3.34. The highest BCUT2D eigenvalue weighted by atomic mass is 35.5. The monoisotopic (exact) mass is 408 g/mol. The van der Waals surface area contributed by atoms with Gasteiger partial charge in [0.05, 0.1) is 10.4 Å². The molecule has 3 aromatic carbocycles. The lowest BCUT2D eigenvalue weighted by atomic mass is 10.0. The van der Waals surface area contributed by atoms with Gasteiger partial charge >= 0.3 is 0 Å². The molecule has 5 heteroatoms. The van der Waals surface area contributed by atoms with Crippen LogP contribution in [0.3, 0.4) is 0 Å². The molecule has 0 fully saturated rings. The summed E-state index contributed by atoms with van der Waals surface area (Å²) in [5, 5.41) is 0.892. The van der Waals surface area contributed by atoms with E-state index in [1.165, 1.54) is 12.1 Å². The zero-order valence-corrected chi connectivity index (χ0v) is 16.7. The van der Waals surface area contributed by atoms with E-state index >= 15 is 0 Å². The molecule has 29 heavy (non-hydrogen) atoms. The first-order valence-corrected chi connectivity index (χ1v) is 9.52. The first-order valence-electron chi connectivity index (χ1n) is 9.14. The second-order valence-electron chi connectivity index (χ2n) is 6.92. The van der Waals surface area contributed by atoms with E-state index in [1.54, 1.807) is 36.4 Å². The molecule has 0 aliphatic rings. The highest BCUT2D eigenvalue weighted by molar-refractivity contribution is 6.33. The van der Waals surface area contributed by atoms with E-state index < -0.39 is 0 Å². The minimum atomic E-state index is -0.332. The van der Waals surface area contributed by atoms with E-state index in [2.05, 4.69) is 0 Å². The Morgan fingerprint density at radius 2 is 1.69 bits per heavy atom. The van der Waals surface area contributed by atoms with E-state index in [0.717, 1.165) is 16.7 Å². The molecule has 0 bridgehead atoms. The third-order valence-corrected chi connectivity index (χ3v) is 5.21. The second kappa shape index (κ2) is 7.72. The first-order chi connectivity index (χ1) is 13.9. The molecule has 0 N–H and O–H groups in total. The zero-order chi connectivity index (χ0) is 20.5. The van der Waals surface area contributed by atoms with Crippen LogP contribution in [0.25, 0.3) is 22.3 Å². The average molecular weight is 409 g/mol. The van der Waals surface area contributed by atoms with E-state index in [1.807, 2.05) is 26.0 Å². The van der Waals surface area contributed by atoms with Gasteiger partial charge in [-0.15, -0.1) is 0 Å². The summed E-state index contributed by atoms with van der Waals surface area (Å²) in [6.07, 6.45) is 0. The summed E-state index contributed by atoms with van der Waals surface area (Å²) >= 11 is 6.37. The minimum absolute atomic E-state index is 0.0816. The summed E-state index contributed by atoms with van der Waals surface area (Å²) in [6.45, 7) is 4.00. The van der Waals surface area contributed by atoms with Crippen molar-refractivity contribution in [3.63, 3.8) is 0 Å². The Morgan fingerprint density at radius 1 is 1.00 bits per heavy atom. The highest BCUT2D eigenvalue weighted by Gasteiger charge is 2.20. The van der Waals surface area contributed by atoms with Crippen LogP contribution in [0.15, 0.2) is 69.9 Å². The van der Waals surface area contributed by atoms with Gasteiger partial charge in [-0.2, -0.15) is 0 Å². The molecule has 0 radical (unpaired) electrons. The van der Waals surface area contributed by atoms with Crippen LogP contribution in [0.1, 0.15) is 16.7 Å². The number of rotatable bonds is 4. The largest absolute Gasteiger partial charge is 0.481 e. The van der Waals surface area contributed by atoms with Gasteiger partial charge in [0.1, 0.15) is 18.0 Å². The van der Waals surface area contributed by atoms with Crippen molar-refractivity contribution in [1.82, 2.24) is 0 Å². The summed E-state index contributed by atoms with van der Waals surface area (Å²) in [6, 6.07) is 16.7. The molecule has 1 aromatic heterocycles. The molecular formula is C24H18ClFO3. The number of ether oxygens (including phenoxy) is 1.